The van der Waals surface area contributed by atoms with E-state index in [2.05, 4.69) is 22.2 Å². The maximum Gasteiger partial charge on any atom is 0.317 e. The van der Waals surface area contributed by atoms with E-state index < -0.39 is 0 Å². The Hall–Kier alpha value is -2.15. The van der Waals surface area contributed by atoms with Gasteiger partial charge >= 0.3 is 6.03 Å². The normalized spacial score (nSPS) is 11.9. The van der Waals surface area contributed by atoms with Gasteiger partial charge in [-0.3, -0.25) is 0 Å². The standard InChI is InChI=1S/C17H24N4O2S/c1-6-14-20-11(2)15(24-14)12(3)21(4)17(22)19-10-13-8-7-9-18-16(13)23-5/h7-9,12H,6,10H2,1-5H3,(H,19,22)/t12-/m0/s1. The van der Waals surface area contributed by atoms with Crippen molar-refractivity contribution >= 4 is 17.4 Å². The Morgan fingerprint density at radius 3 is 2.88 bits per heavy atom. The van der Waals surface area contributed by atoms with E-state index in [0.29, 0.717) is 12.4 Å². The third kappa shape index (κ3) is 4.03. The number of amides is 2. The highest BCUT2D eigenvalue weighted by molar-refractivity contribution is 7.11. The monoisotopic (exact) mass is 348 g/mol. The summed E-state index contributed by atoms with van der Waals surface area (Å²) in [5, 5.41) is 4.02. The summed E-state index contributed by atoms with van der Waals surface area (Å²) in [5.74, 6) is 0.527. The van der Waals surface area contributed by atoms with Crippen LogP contribution in [0.4, 0.5) is 4.79 Å². The van der Waals surface area contributed by atoms with Gasteiger partial charge in [0.15, 0.2) is 0 Å². The SMILES string of the molecule is CCc1nc(C)c([C@H](C)N(C)C(=O)NCc2cccnc2OC)s1. The van der Waals surface area contributed by atoms with Crippen LogP contribution in [0.15, 0.2) is 18.3 Å². The number of hydrogen-bond donors (Lipinski definition) is 1. The van der Waals surface area contributed by atoms with Crippen LogP contribution in [0.5, 0.6) is 5.88 Å². The molecule has 24 heavy (non-hydrogen) atoms. The first-order valence-electron chi connectivity index (χ1n) is 7.92. The molecule has 130 valence electrons. The van der Waals surface area contributed by atoms with E-state index in [1.807, 2.05) is 26.0 Å². The molecule has 0 fully saturated rings. The first-order valence-corrected chi connectivity index (χ1v) is 8.74. The summed E-state index contributed by atoms with van der Waals surface area (Å²) < 4.78 is 5.20. The van der Waals surface area contributed by atoms with Gasteiger partial charge in [-0.15, -0.1) is 11.3 Å². The Bertz CT molecular complexity index is 702. The van der Waals surface area contributed by atoms with Crippen LogP contribution < -0.4 is 10.1 Å². The Balaban J connectivity index is 2.02. The first kappa shape index (κ1) is 18.2. The van der Waals surface area contributed by atoms with Gasteiger partial charge in [0.1, 0.15) is 0 Å². The number of ether oxygens (including phenoxy) is 1. The average molecular weight is 348 g/mol. The number of urea groups is 1. The Morgan fingerprint density at radius 1 is 1.50 bits per heavy atom. The third-order valence-electron chi connectivity index (χ3n) is 3.93. The van der Waals surface area contributed by atoms with Gasteiger partial charge < -0.3 is 15.0 Å². The van der Waals surface area contributed by atoms with Crippen LogP contribution in [-0.4, -0.2) is 35.1 Å². The Morgan fingerprint density at radius 2 is 2.25 bits per heavy atom. The van der Waals surface area contributed by atoms with E-state index in [0.717, 1.165) is 27.6 Å². The molecule has 0 saturated heterocycles. The summed E-state index contributed by atoms with van der Waals surface area (Å²) in [4.78, 5) is 24.0. The molecular weight excluding hydrogens is 324 g/mol. The molecule has 0 radical (unpaired) electrons. The van der Waals surface area contributed by atoms with Crippen LogP contribution in [0.3, 0.4) is 0 Å². The highest BCUT2D eigenvalue weighted by Gasteiger charge is 2.21. The molecule has 7 heteroatoms. The predicted octanol–water partition coefficient (Wildman–Crippen LogP) is 3.32. The number of thiazole rings is 1. The number of carbonyl (C=O) groups excluding carboxylic acids is 1. The predicted molar refractivity (Wildman–Crippen MR) is 95.4 cm³/mol. The molecule has 0 aliphatic carbocycles. The fraction of sp³-hybridized carbons (Fsp3) is 0.471. The zero-order valence-corrected chi connectivity index (χ0v) is 15.6. The lowest BCUT2D eigenvalue weighted by Gasteiger charge is -2.25. The Kier molecular flexibility index (Phi) is 6.14. The number of nitrogens with zero attached hydrogens (tertiary/aromatic N) is 3. The van der Waals surface area contributed by atoms with Crippen molar-refractivity contribution < 1.29 is 9.53 Å². The van der Waals surface area contributed by atoms with Gasteiger partial charge in [0.25, 0.3) is 0 Å². The molecule has 0 aliphatic rings. The fourth-order valence-corrected chi connectivity index (χ4v) is 3.50. The van der Waals surface area contributed by atoms with Crippen molar-refractivity contribution in [2.75, 3.05) is 14.2 Å². The molecule has 0 bridgehead atoms. The van der Waals surface area contributed by atoms with Crippen molar-refractivity contribution in [1.82, 2.24) is 20.2 Å². The molecule has 2 rings (SSSR count). The fourth-order valence-electron chi connectivity index (χ4n) is 2.39. The molecule has 2 aromatic heterocycles. The van der Waals surface area contributed by atoms with E-state index in [4.69, 9.17) is 4.74 Å². The van der Waals surface area contributed by atoms with Gasteiger partial charge in [0.2, 0.25) is 5.88 Å². The van der Waals surface area contributed by atoms with Crippen LogP contribution in [0.2, 0.25) is 0 Å². The topological polar surface area (TPSA) is 67.4 Å². The number of nitrogens with one attached hydrogen (secondary N) is 1. The van der Waals surface area contributed by atoms with Crippen LogP contribution in [0.1, 0.15) is 41.0 Å². The molecule has 0 saturated carbocycles. The lowest BCUT2D eigenvalue weighted by atomic mass is 10.2. The van der Waals surface area contributed by atoms with E-state index in [1.165, 1.54) is 0 Å². The van der Waals surface area contributed by atoms with Crippen LogP contribution in [0.25, 0.3) is 0 Å². The maximum atomic E-state index is 12.5. The summed E-state index contributed by atoms with van der Waals surface area (Å²) >= 11 is 1.67. The molecule has 1 N–H and O–H groups in total. The van der Waals surface area contributed by atoms with Crippen molar-refractivity contribution in [3.63, 3.8) is 0 Å². The Labute approximate surface area is 146 Å². The zero-order valence-electron chi connectivity index (χ0n) is 14.8. The highest BCUT2D eigenvalue weighted by atomic mass is 32.1. The lowest BCUT2D eigenvalue weighted by molar-refractivity contribution is 0.194. The maximum absolute atomic E-state index is 12.5. The number of aryl methyl sites for hydroxylation is 2. The molecule has 1 atom stereocenters. The summed E-state index contributed by atoms with van der Waals surface area (Å²) in [6, 6.07) is 3.54. The molecule has 2 heterocycles. The summed E-state index contributed by atoms with van der Waals surface area (Å²) in [7, 11) is 3.37. The van der Waals surface area contributed by atoms with Crippen molar-refractivity contribution in [1.29, 1.82) is 0 Å². The second-order valence-corrected chi connectivity index (χ2v) is 6.64. The minimum Gasteiger partial charge on any atom is -0.481 e. The van der Waals surface area contributed by atoms with E-state index in [-0.39, 0.29) is 12.1 Å². The minimum atomic E-state index is -0.140. The summed E-state index contributed by atoms with van der Waals surface area (Å²) in [6.45, 7) is 6.47. The second-order valence-electron chi connectivity index (χ2n) is 5.53. The van der Waals surface area contributed by atoms with E-state index in [1.54, 1.807) is 36.6 Å². The van der Waals surface area contributed by atoms with Gasteiger partial charge in [-0.05, 0) is 26.3 Å². The highest BCUT2D eigenvalue weighted by Crippen LogP contribution is 2.28. The molecular formula is C17H24N4O2S. The molecule has 0 aromatic carbocycles. The van der Waals surface area contributed by atoms with Crippen LogP contribution >= 0.6 is 11.3 Å². The van der Waals surface area contributed by atoms with Crippen molar-refractivity contribution in [2.24, 2.45) is 0 Å². The molecule has 2 aromatic rings. The van der Waals surface area contributed by atoms with E-state index >= 15 is 0 Å². The number of rotatable bonds is 6. The first-order chi connectivity index (χ1) is 11.5. The van der Waals surface area contributed by atoms with Gasteiger partial charge in [-0.25, -0.2) is 14.8 Å². The largest absolute Gasteiger partial charge is 0.481 e. The summed E-state index contributed by atoms with van der Waals surface area (Å²) in [5.41, 5.74) is 1.84. The second kappa shape index (κ2) is 8.10. The molecule has 6 nitrogen and oxygen atoms in total. The van der Waals surface area contributed by atoms with Crippen molar-refractivity contribution in [3.8, 4) is 5.88 Å². The van der Waals surface area contributed by atoms with Gasteiger partial charge in [0, 0.05) is 30.2 Å². The lowest BCUT2D eigenvalue weighted by Crippen LogP contribution is -2.38. The van der Waals surface area contributed by atoms with Crippen molar-refractivity contribution in [2.45, 2.75) is 39.8 Å². The van der Waals surface area contributed by atoms with Crippen LogP contribution in [-0.2, 0) is 13.0 Å². The number of methoxy groups -OCH3 is 1. The average Bonchev–Trinajstić information content (AvgIpc) is 2.99. The quantitative estimate of drug-likeness (QED) is 0.869. The molecule has 0 spiro atoms. The number of hydrogen-bond acceptors (Lipinski definition) is 5. The number of pyridine rings is 1. The molecule has 0 aliphatic heterocycles. The number of aromatic nitrogens is 2. The minimum absolute atomic E-state index is 0.0291. The smallest absolute Gasteiger partial charge is 0.317 e. The number of carbonyl (C=O) groups is 1. The molecule has 0 unspecified atom stereocenters. The molecule has 2 amide bonds. The van der Waals surface area contributed by atoms with Gasteiger partial charge in [0.05, 0.1) is 23.9 Å². The van der Waals surface area contributed by atoms with Crippen LogP contribution in [0, 0.1) is 6.92 Å². The van der Waals surface area contributed by atoms with E-state index in [9.17, 15) is 4.79 Å². The third-order valence-corrected chi connectivity index (χ3v) is 5.41. The van der Waals surface area contributed by atoms with Crippen molar-refractivity contribution in [3.05, 3.63) is 39.5 Å². The summed E-state index contributed by atoms with van der Waals surface area (Å²) in [6.07, 6.45) is 2.57. The van der Waals surface area contributed by atoms with Gasteiger partial charge in [-0.2, -0.15) is 0 Å². The van der Waals surface area contributed by atoms with Gasteiger partial charge in [-0.1, -0.05) is 13.0 Å². The zero-order chi connectivity index (χ0) is 17.7.